The smallest absolute Gasteiger partial charge is 0.104 e. The second-order valence-electron chi connectivity index (χ2n) is 6.42. The number of aliphatic hydroxyl groups is 1. The first-order valence-corrected chi connectivity index (χ1v) is 8.39. The van der Waals surface area contributed by atoms with Crippen LogP contribution in [-0.4, -0.2) is 29.7 Å². The van der Waals surface area contributed by atoms with Crippen molar-refractivity contribution in [3.63, 3.8) is 0 Å². The first kappa shape index (κ1) is 14.5. The van der Waals surface area contributed by atoms with E-state index in [2.05, 4.69) is 65.3 Å². The Hall–Kier alpha value is -2.08. The normalized spacial score (nSPS) is 22.8. The lowest BCUT2D eigenvalue weighted by atomic mass is 9.81. The summed E-state index contributed by atoms with van der Waals surface area (Å²) in [6.45, 7) is 2.24. The molecule has 2 aliphatic rings. The highest BCUT2D eigenvalue weighted by atomic mass is 16.2. The number of nitrogens with zero attached hydrogens (tertiary/aromatic N) is 1. The van der Waals surface area contributed by atoms with Gasteiger partial charge in [0, 0.05) is 24.1 Å². The Morgan fingerprint density at radius 1 is 1.04 bits per heavy atom. The summed E-state index contributed by atoms with van der Waals surface area (Å²) in [6.07, 6.45) is 2.60. The van der Waals surface area contributed by atoms with Gasteiger partial charge < -0.3 is 5.11 Å². The zero-order chi connectivity index (χ0) is 15.6. The molecule has 2 nitrogen and oxygen atoms in total. The van der Waals surface area contributed by atoms with E-state index in [0.29, 0.717) is 12.0 Å². The van der Waals surface area contributed by atoms with Crippen LogP contribution in [0.25, 0.3) is 0 Å². The van der Waals surface area contributed by atoms with Gasteiger partial charge in [0.1, 0.15) is 6.61 Å². The molecule has 0 saturated carbocycles. The highest BCUT2D eigenvalue weighted by molar-refractivity contribution is 5.45. The summed E-state index contributed by atoms with van der Waals surface area (Å²) in [5.74, 6) is 6.12. The zero-order valence-electron chi connectivity index (χ0n) is 13.2. The quantitative estimate of drug-likeness (QED) is 0.817. The van der Waals surface area contributed by atoms with Crippen molar-refractivity contribution in [2.24, 2.45) is 0 Å². The Kier molecular flexibility index (Phi) is 3.91. The molecule has 0 amide bonds. The zero-order valence-corrected chi connectivity index (χ0v) is 13.2. The van der Waals surface area contributed by atoms with E-state index in [9.17, 15) is 0 Å². The molecule has 116 valence electrons. The first-order chi connectivity index (χ1) is 11.4. The van der Waals surface area contributed by atoms with Crippen molar-refractivity contribution in [1.82, 2.24) is 4.90 Å². The molecule has 1 saturated heterocycles. The number of fused-ring (bicyclic) bond motifs is 3. The summed E-state index contributed by atoms with van der Waals surface area (Å²) in [5, 5.41) is 8.80. The maximum absolute atomic E-state index is 8.80. The Morgan fingerprint density at radius 3 is 2.61 bits per heavy atom. The fraction of sp³-hybridized carbons (Fsp3) is 0.333. The molecule has 0 spiro atoms. The summed E-state index contributed by atoms with van der Waals surface area (Å²) < 4.78 is 0. The molecule has 2 heteroatoms. The van der Waals surface area contributed by atoms with Gasteiger partial charge in [-0.2, -0.15) is 0 Å². The Morgan fingerprint density at radius 2 is 1.83 bits per heavy atom. The van der Waals surface area contributed by atoms with Crippen molar-refractivity contribution < 1.29 is 5.11 Å². The molecule has 2 aromatic carbocycles. The highest BCUT2D eigenvalue weighted by Crippen LogP contribution is 2.43. The lowest BCUT2D eigenvalue weighted by Gasteiger charge is -2.37. The predicted octanol–water partition coefficient (Wildman–Crippen LogP) is 3.31. The summed E-state index contributed by atoms with van der Waals surface area (Å²) in [5.41, 5.74) is 5.33. The van der Waals surface area contributed by atoms with Gasteiger partial charge in [-0.15, -0.1) is 0 Å². The van der Waals surface area contributed by atoms with Crippen molar-refractivity contribution in [2.75, 3.05) is 19.7 Å². The lowest BCUT2D eigenvalue weighted by Crippen LogP contribution is -2.34. The van der Waals surface area contributed by atoms with E-state index < -0.39 is 0 Å². The van der Waals surface area contributed by atoms with Gasteiger partial charge in [0.2, 0.25) is 0 Å². The topological polar surface area (TPSA) is 23.5 Å². The van der Waals surface area contributed by atoms with E-state index in [1.54, 1.807) is 0 Å². The standard InChI is InChI=1S/C21H21NO/c23-14-4-5-16-9-11-17(12-10-16)20-15-22-13-3-8-21(22)19-7-2-1-6-18(19)20/h1-2,6-7,9-12,20-21,23H,3,8,13-15H2. The van der Waals surface area contributed by atoms with Gasteiger partial charge in [-0.05, 0) is 48.2 Å². The Bertz CT molecular complexity index is 753. The van der Waals surface area contributed by atoms with Crippen LogP contribution in [0.2, 0.25) is 0 Å². The number of aliphatic hydroxyl groups excluding tert-OH is 1. The number of hydrogen-bond donors (Lipinski definition) is 1. The maximum Gasteiger partial charge on any atom is 0.104 e. The van der Waals surface area contributed by atoms with Crippen LogP contribution in [0, 0.1) is 11.8 Å². The minimum absolute atomic E-state index is 0.0892. The van der Waals surface area contributed by atoms with Gasteiger partial charge in [0.15, 0.2) is 0 Å². The molecule has 0 aromatic heterocycles. The second kappa shape index (κ2) is 6.20. The van der Waals surface area contributed by atoms with Crippen LogP contribution in [0.4, 0.5) is 0 Å². The average molecular weight is 303 g/mol. The van der Waals surface area contributed by atoms with Crippen LogP contribution in [0.15, 0.2) is 48.5 Å². The van der Waals surface area contributed by atoms with Crippen molar-refractivity contribution in [1.29, 1.82) is 0 Å². The van der Waals surface area contributed by atoms with Gasteiger partial charge in [0.05, 0.1) is 0 Å². The maximum atomic E-state index is 8.80. The van der Waals surface area contributed by atoms with E-state index in [1.807, 2.05) is 0 Å². The minimum atomic E-state index is -0.0892. The Labute approximate surface area is 137 Å². The average Bonchev–Trinajstić information content (AvgIpc) is 3.08. The minimum Gasteiger partial charge on any atom is -0.384 e. The molecule has 23 heavy (non-hydrogen) atoms. The number of rotatable bonds is 1. The van der Waals surface area contributed by atoms with E-state index in [0.717, 1.165) is 12.1 Å². The fourth-order valence-electron chi connectivity index (χ4n) is 4.09. The molecular formula is C21H21NO. The molecule has 0 aliphatic carbocycles. The van der Waals surface area contributed by atoms with Crippen LogP contribution in [0.5, 0.6) is 0 Å². The first-order valence-electron chi connectivity index (χ1n) is 8.39. The third-order valence-corrected chi connectivity index (χ3v) is 5.14. The number of benzene rings is 2. The second-order valence-corrected chi connectivity index (χ2v) is 6.42. The van der Waals surface area contributed by atoms with E-state index >= 15 is 0 Å². The SMILES string of the molecule is OCC#Cc1ccc(C2CN3CCCC3c3ccccc32)cc1. The van der Waals surface area contributed by atoms with Crippen LogP contribution >= 0.6 is 0 Å². The fourth-order valence-corrected chi connectivity index (χ4v) is 4.09. The molecule has 1 N–H and O–H groups in total. The Balaban J connectivity index is 1.70. The molecule has 4 rings (SSSR count). The van der Waals surface area contributed by atoms with E-state index in [-0.39, 0.29) is 6.61 Å². The van der Waals surface area contributed by atoms with Crippen molar-refractivity contribution in [2.45, 2.75) is 24.8 Å². The summed E-state index contributed by atoms with van der Waals surface area (Å²) in [7, 11) is 0. The van der Waals surface area contributed by atoms with Gasteiger partial charge in [-0.1, -0.05) is 48.2 Å². The van der Waals surface area contributed by atoms with Crippen LogP contribution in [-0.2, 0) is 0 Å². The van der Waals surface area contributed by atoms with Gasteiger partial charge in [-0.3, -0.25) is 4.90 Å². The van der Waals surface area contributed by atoms with Crippen LogP contribution in [0.3, 0.4) is 0 Å². The van der Waals surface area contributed by atoms with Gasteiger partial charge >= 0.3 is 0 Å². The monoisotopic (exact) mass is 303 g/mol. The molecule has 2 unspecified atom stereocenters. The third-order valence-electron chi connectivity index (χ3n) is 5.14. The van der Waals surface area contributed by atoms with Crippen molar-refractivity contribution in [3.8, 4) is 11.8 Å². The van der Waals surface area contributed by atoms with E-state index in [1.165, 1.54) is 36.1 Å². The molecule has 2 aromatic rings. The van der Waals surface area contributed by atoms with Gasteiger partial charge in [-0.25, -0.2) is 0 Å². The molecule has 2 atom stereocenters. The van der Waals surface area contributed by atoms with Crippen molar-refractivity contribution in [3.05, 3.63) is 70.8 Å². The van der Waals surface area contributed by atoms with Crippen molar-refractivity contribution >= 4 is 0 Å². The molecule has 0 radical (unpaired) electrons. The molecule has 0 bridgehead atoms. The summed E-state index contributed by atoms with van der Waals surface area (Å²) in [4.78, 5) is 2.65. The molecule has 2 aliphatic heterocycles. The molecule has 2 heterocycles. The summed E-state index contributed by atoms with van der Waals surface area (Å²) >= 11 is 0. The van der Waals surface area contributed by atoms with Gasteiger partial charge in [0.25, 0.3) is 0 Å². The van der Waals surface area contributed by atoms with Crippen LogP contribution < -0.4 is 0 Å². The highest BCUT2D eigenvalue weighted by Gasteiger charge is 2.35. The molecule has 1 fully saturated rings. The number of hydrogen-bond acceptors (Lipinski definition) is 2. The molecular weight excluding hydrogens is 282 g/mol. The summed E-state index contributed by atoms with van der Waals surface area (Å²) in [6, 6.07) is 18.1. The van der Waals surface area contributed by atoms with E-state index in [4.69, 9.17) is 5.11 Å². The predicted molar refractivity (Wildman–Crippen MR) is 92.2 cm³/mol. The third kappa shape index (κ3) is 2.67. The largest absolute Gasteiger partial charge is 0.384 e. The van der Waals surface area contributed by atoms with Crippen LogP contribution in [0.1, 0.15) is 47.1 Å². The lowest BCUT2D eigenvalue weighted by molar-refractivity contribution is 0.230.